The zero-order valence-corrected chi connectivity index (χ0v) is 13.6. The van der Waals surface area contributed by atoms with Crippen LogP contribution in [0.3, 0.4) is 0 Å². The first-order valence-electron chi connectivity index (χ1n) is 8.67. The van der Waals surface area contributed by atoms with Crippen LogP contribution in [0.15, 0.2) is 0 Å². The van der Waals surface area contributed by atoms with Gasteiger partial charge in [0.1, 0.15) is 0 Å². The van der Waals surface area contributed by atoms with Crippen LogP contribution >= 0.6 is 0 Å². The van der Waals surface area contributed by atoms with Crippen LogP contribution in [0.2, 0.25) is 0 Å². The Hall–Kier alpha value is -1.06. The Morgan fingerprint density at radius 2 is 1.81 bits per heavy atom. The zero-order chi connectivity index (χ0) is 15.2. The molecule has 0 aromatic carbocycles. The van der Waals surface area contributed by atoms with E-state index >= 15 is 0 Å². The third-order valence-corrected chi connectivity index (χ3v) is 5.24. The molecule has 4 heteroatoms. The molecule has 1 aliphatic carbocycles. The van der Waals surface area contributed by atoms with Gasteiger partial charge in [0.2, 0.25) is 11.8 Å². The second-order valence-electron chi connectivity index (χ2n) is 6.60. The van der Waals surface area contributed by atoms with E-state index in [0.717, 1.165) is 25.4 Å². The fourth-order valence-electron chi connectivity index (χ4n) is 3.84. The summed E-state index contributed by atoms with van der Waals surface area (Å²) in [5, 5.41) is 0. The molecule has 0 spiro atoms. The first-order valence-corrected chi connectivity index (χ1v) is 8.67. The summed E-state index contributed by atoms with van der Waals surface area (Å²) in [6.07, 6.45) is 9.27. The molecule has 2 rings (SSSR count). The maximum atomic E-state index is 12.5. The van der Waals surface area contributed by atoms with E-state index in [9.17, 15) is 9.59 Å². The van der Waals surface area contributed by atoms with E-state index in [4.69, 9.17) is 0 Å². The van der Waals surface area contributed by atoms with Crippen molar-refractivity contribution >= 4 is 11.8 Å². The molecule has 0 N–H and O–H groups in total. The maximum Gasteiger partial charge on any atom is 0.222 e. The highest BCUT2D eigenvalue weighted by molar-refractivity contribution is 5.79. The molecule has 1 heterocycles. The predicted molar refractivity (Wildman–Crippen MR) is 83.9 cm³/mol. The molecule has 1 aliphatic heterocycles. The number of carbonyl (C=O) groups is 2. The van der Waals surface area contributed by atoms with Gasteiger partial charge >= 0.3 is 0 Å². The highest BCUT2D eigenvalue weighted by Gasteiger charge is 2.35. The fraction of sp³-hybridized carbons (Fsp3) is 0.882. The smallest absolute Gasteiger partial charge is 0.222 e. The molecule has 2 unspecified atom stereocenters. The fourth-order valence-corrected chi connectivity index (χ4v) is 3.84. The topological polar surface area (TPSA) is 40.6 Å². The third kappa shape index (κ3) is 4.21. The van der Waals surface area contributed by atoms with E-state index in [1.807, 2.05) is 14.0 Å². The lowest BCUT2D eigenvalue weighted by Crippen LogP contribution is -2.49. The number of amides is 2. The zero-order valence-electron chi connectivity index (χ0n) is 13.6. The van der Waals surface area contributed by atoms with Crippen molar-refractivity contribution < 1.29 is 9.59 Å². The van der Waals surface area contributed by atoms with Gasteiger partial charge in [-0.1, -0.05) is 12.8 Å². The van der Waals surface area contributed by atoms with Gasteiger partial charge in [-0.2, -0.15) is 0 Å². The van der Waals surface area contributed by atoms with E-state index in [1.54, 1.807) is 4.90 Å². The molecule has 1 saturated heterocycles. The van der Waals surface area contributed by atoms with Crippen molar-refractivity contribution in [2.24, 2.45) is 5.92 Å². The average Bonchev–Trinajstić information content (AvgIpc) is 2.53. The van der Waals surface area contributed by atoms with Gasteiger partial charge in [-0.25, -0.2) is 0 Å². The Labute approximate surface area is 128 Å². The Balaban J connectivity index is 1.78. The summed E-state index contributed by atoms with van der Waals surface area (Å²) in [7, 11) is 1.82. The largest absolute Gasteiger partial charge is 0.346 e. The number of hydrogen-bond acceptors (Lipinski definition) is 2. The maximum absolute atomic E-state index is 12.5. The lowest BCUT2D eigenvalue weighted by Gasteiger charge is -2.44. The van der Waals surface area contributed by atoms with E-state index in [-0.39, 0.29) is 11.8 Å². The van der Waals surface area contributed by atoms with Crippen molar-refractivity contribution in [3.63, 3.8) is 0 Å². The van der Waals surface area contributed by atoms with Crippen molar-refractivity contribution in [1.82, 2.24) is 9.80 Å². The highest BCUT2D eigenvalue weighted by atomic mass is 16.2. The average molecular weight is 294 g/mol. The van der Waals surface area contributed by atoms with Gasteiger partial charge in [0.05, 0.1) is 0 Å². The Morgan fingerprint density at radius 3 is 2.57 bits per heavy atom. The number of carbonyl (C=O) groups excluding carboxylic acids is 2. The van der Waals surface area contributed by atoms with Crippen LogP contribution in [-0.2, 0) is 9.59 Å². The van der Waals surface area contributed by atoms with Gasteiger partial charge < -0.3 is 9.80 Å². The molecular weight excluding hydrogens is 264 g/mol. The number of fused-ring (bicyclic) bond motifs is 1. The van der Waals surface area contributed by atoms with Crippen LogP contribution < -0.4 is 0 Å². The first-order chi connectivity index (χ1) is 10.1. The number of rotatable bonds is 5. The summed E-state index contributed by atoms with van der Waals surface area (Å²) in [5.41, 5.74) is 0. The lowest BCUT2D eigenvalue weighted by molar-refractivity contribution is -0.137. The van der Waals surface area contributed by atoms with Crippen molar-refractivity contribution in [2.75, 3.05) is 20.1 Å². The van der Waals surface area contributed by atoms with Crippen LogP contribution in [0.25, 0.3) is 0 Å². The summed E-state index contributed by atoms with van der Waals surface area (Å²) in [6.45, 7) is 3.64. The summed E-state index contributed by atoms with van der Waals surface area (Å²) in [5.74, 6) is 1.17. The number of piperidine rings is 1. The van der Waals surface area contributed by atoms with Gasteiger partial charge in [0.15, 0.2) is 0 Å². The summed E-state index contributed by atoms with van der Waals surface area (Å²) in [6, 6.07) is 0.494. The van der Waals surface area contributed by atoms with Crippen LogP contribution in [0.4, 0.5) is 0 Å². The van der Waals surface area contributed by atoms with E-state index in [0.29, 0.717) is 25.3 Å². The molecule has 0 radical (unpaired) electrons. The second kappa shape index (κ2) is 7.81. The van der Waals surface area contributed by atoms with Gasteiger partial charge in [0, 0.05) is 39.0 Å². The normalized spacial score (nSPS) is 25.3. The Bertz CT molecular complexity index is 368. The van der Waals surface area contributed by atoms with E-state index < -0.39 is 0 Å². The molecule has 2 fully saturated rings. The van der Waals surface area contributed by atoms with Gasteiger partial charge in [-0.05, 0) is 44.9 Å². The quantitative estimate of drug-likeness (QED) is 0.782. The molecule has 2 aliphatic rings. The summed E-state index contributed by atoms with van der Waals surface area (Å²) >= 11 is 0. The number of likely N-dealkylation sites (tertiary alicyclic amines) is 1. The van der Waals surface area contributed by atoms with Crippen molar-refractivity contribution in [3.05, 3.63) is 0 Å². The molecule has 0 bridgehead atoms. The molecule has 120 valence electrons. The van der Waals surface area contributed by atoms with Gasteiger partial charge in [-0.3, -0.25) is 9.59 Å². The minimum atomic E-state index is 0.152. The van der Waals surface area contributed by atoms with Crippen LogP contribution in [0, 0.1) is 5.92 Å². The molecule has 1 saturated carbocycles. The molecule has 4 nitrogen and oxygen atoms in total. The van der Waals surface area contributed by atoms with Crippen molar-refractivity contribution in [1.29, 1.82) is 0 Å². The molecule has 2 amide bonds. The molecule has 0 aromatic rings. The molecular formula is C17H30N2O2. The summed E-state index contributed by atoms with van der Waals surface area (Å²) < 4.78 is 0. The predicted octanol–water partition coefficient (Wildman–Crippen LogP) is 2.82. The Kier molecular flexibility index (Phi) is 6.07. The third-order valence-electron chi connectivity index (χ3n) is 5.24. The number of hydrogen-bond donors (Lipinski definition) is 0. The monoisotopic (exact) mass is 294 g/mol. The summed E-state index contributed by atoms with van der Waals surface area (Å²) in [4.78, 5) is 28.1. The van der Waals surface area contributed by atoms with Crippen molar-refractivity contribution in [3.8, 4) is 0 Å². The lowest BCUT2D eigenvalue weighted by atomic mass is 9.78. The minimum Gasteiger partial charge on any atom is -0.346 e. The standard InChI is InChI=1S/C17H30N2O2/c1-3-18(2)16(20)11-6-12-17(21)19-13-7-9-14-8-4-5-10-15(14)19/h14-15H,3-13H2,1-2H3. The van der Waals surface area contributed by atoms with Crippen LogP contribution in [0.1, 0.15) is 64.7 Å². The first kappa shape index (κ1) is 16.3. The van der Waals surface area contributed by atoms with Gasteiger partial charge in [-0.15, -0.1) is 0 Å². The SMILES string of the molecule is CCN(C)C(=O)CCCC(=O)N1CCCC2CCCCC21. The molecule has 21 heavy (non-hydrogen) atoms. The van der Waals surface area contributed by atoms with Crippen LogP contribution in [-0.4, -0.2) is 47.8 Å². The van der Waals surface area contributed by atoms with Crippen molar-refractivity contribution in [2.45, 2.75) is 70.8 Å². The van der Waals surface area contributed by atoms with Gasteiger partial charge in [0.25, 0.3) is 0 Å². The molecule has 2 atom stereocenters. The van der Waals surface area contributed by atoms with E-state index in [1.165, 1.54) is 32.1 Å². The van der Waals surface area contributed by atoms with E-state index in [2.05, 4.69) is 4.90 Å². The number of nitrogens with zero attached hydrogens (tertiary/aromatic N) is 2. The highest BCUT2D eigenvalue weighted by Crippen LogP contribution is 2.35. The molecule has 0 aromatic heterocycles. The Morgan fingerprint density at radius 1 is 1.10 bits per heavy atom. The van der Waals surface area contributed by atoms with Crippen LogP contribution in [0.5, 0.6) is 0 Å². The second-order valence-corrected chi connectivity index (χ2v) is 6.60. The minimum absolute atomic E-state index is 0.152.